The third-order valence-corrected chi connectivity index (χ3v) is 13.9. The van der Waals surface area contributed by atoms with Gasteiger partial charge in [0.15, 0.2) is 17.4 Å². The summed E-state index contributed by atoms with van der Waals surface area (Å²) in [6, 6.07) is 12.4. The minimum atomic E-state index is -0.702. The lowest BCUT2D eigenvalue weighted by Crippen LogP contribution is -2.72. The van der Waals surface area contributed by atoms with Crippen LogP contribution in [0.1, 0.15) is 44.2 Å². The summed E-state index contributed by atoms with van der Waals surface area (Å²) >= 11 is 1.28. The summed E-state index contributed by atoms with van der Waals surface area (Å²) in [6.45, 7) is 6.34. The fourth-order valence-electron chi connectivity index (χ4n) is 9.62. The minimum Gasteiger partial charge on any atom is -0.453 e. The highest BCUT2D eigenvalue weighted by molar-refractivity contribution is 7.98. The Morgan fingerprint density at radius 1 is 1.05 bits per heavy atom. The zero-order valence-electron chi connectivity index (χ0n) is 33.8. The first-order chi connectivity index (χ1) is 29.3. The van der Waals surface area contributed by atoms with Crippen molar-refractivity contribution in [3.05, 3.63) is 76.3 Å². The van der Waals surface area contributed by atoms with Gasteiger partial charge in [0, 0.05) is 88.1 Å². The van der Waals surface area contributed by atoms with Crippen LogP contribution in [0.15, 0.2) is 53.6 Å². The van der Waals surface area contributed by atoms with Crippen LogP contribution in [0.3, 0.4) is 0 Å². The van der Waals surface area contributed by atoms with Gasteiger partial charge in [-0.15, -0.1) is 0 Å². The number of rotatable bonds is 10. The Bertz CT molecular complexity index is 2740. The second-order valence-corrected chi connectivity index (χ2v) is 18.0. The molecule has 0 bridgehead atoms. The van der Waals surface area contributed by atoms with Crippen LogP contribution in [0.5, 0.6) is 11.5 Å². The molecule has 19 heteroatoms. The largest absolute Gasteiger partial charge is 0.453 e. The van der Waals surface area contributed by atoms with E-state index in [-0.39, 0.29) is 64.4 Å². The van der Waals surface area contributed by atoms with E-state index in [2.05, 4.69) is 29.9 Å². The number of nitriles is 1. The Kier molecular flexibility index (Phi) is 9.47. The number of fused-ring (bicyclic) bond motifs is 2. The maximum Gasteiger partial charge on any atom is 0.329 e. The smallest absolute Gasteiger partial charge is 0.329 e. The molecule has 1 unspecified atom stereocenters. The van der Waals surface area contributed by atoms with Gasteiger partial charge in [0.25, 0.3) is 5.56 Å². The van der Waals surface area contributed by atoms with Crippen molar-refractivity contribution in [2.45, 2.75) is 50.3 Å². The molecule has 0 radical (unpaired) electrons. The number of amides is 3. The first-order valence-electron chi connectivity index (χ1n) is 20.3. The zero-order chi connectivity index (χ0) is 42.4. The number of carbonyl (C=O) groups excluding carboxylic acids is 2. The molecule has 4 saturated heterocycles. The molecular formula is C42H43F2N11O5S. The molecule has 5 aromatic rings. The maximum atomic E-state index is 15.6. The Balaban J connectivity index is 0.760. The van der Waals surface area contributed by atoms with Crippen LogP contribution in [0, 0.1) is 28.4 Å². The van der Waals surface area contributed by atoms with Crippen LogP contribution in [0.4, 0.5) is 30.8 Å². The van der Waals surface area contributed by atoms with Gasteiger partial charge < -0.3 is 19.1 Å². The van der Waals surface area contributed by atoms with E-state index in [0.717, 1.165) is 45.6 Å². The van der Waals surface area contributed by atoms with E-state index in [1.165, 1.54) is 41.3 Å². The molecule has 2 spiro atoms. The van der Waals surface area contributed by atoms with E-state index in [4.69, 9.17) is 9.47 Å². The quantitative estimate of drug-likeness (QED) is 0.175. The van der Waals surface area contributed by atoms with E-state index >= 15 is 8.78 Å². The Morgan fingerprint density at radius 3 is 2.61 bits per heavy atom. The molecule has 2 aromatic heterocycles. The number of carbonyl (C=O) groups is 2. The molecule has 6 heterocycles. The van der Waals surface area contributed by atoms with Gasteiger partial charge in [0.1, 0.15) is 23.2 Å². The Labute approximate surface area is 353 Å². The molecule has 61 heavy (non-hydrogen) atoms. The van der Waals surface area contributed by atoms with Crippen LogP contribution in [0.2, 0.25) is 0 Å². The summed E-state index contributed by atoms with van der Waals surface area (Å²) in [7, 11) is 3.65. The average molecular weight is 852 g/mol. The number of nitrogens with one attached hydrogen (secondary N) is 2. The lowest BCUT2D eigenvalue weighted by Gasteiger charge is -2.64. The lowest BCUT2D eigenvalue weighted by molar-refractivity contribution is -0.158. The molecule has 1 saturated carbocycles. The number of hydrogen-bond donors (Lipinski definition) is 2. The molecular weight excluding hydrogens is 809 g/mol. The molecule has 3 aromatic carbocycles. The van der Waals surface area contributed by atoms with E-state index in [1.54, 1.807) is 40.8 Å². The average Bonchev–Trinajstić information content (AvgIpc) is 3.78. The van der Waals surface area contributed by atoms with Crippen LogP contribution in [-0.2, 0) is 16.6 Å². The van der Waals surface area contributed by atoms with Crippen LogP contribution >= 0.6 is 12.1 Å². The lowest BCUT2D eigenvalue weighted by atomic mass is 9.59. The molecule has 10 rings (SSSR count). The highest BCUT2D eigenvalue weighted by Crippen LogP contribution is 2.54. The van der Waals surface area contributed by atoms with Gasteiger partial charge in [-0.3, -0.25) is 34.0 Å². The molecule has 3 amide bonds. The molecule has 1 aliphatic carbocycles. The van der Waals surface area contributed by atoms with Gasteiger partial charge in [0.05, 0.1) is 52.4 Å². The van der Waals surface area contributed by atoms with E-state index in [9.17, 15) is 19.6 Å². The number of imide groups is 1. The van der Waals surface area contributed by atoms with Crippen molar-refractivity contribution in [1.29, 1.82) is 5.26 Å². The summed E-state index contributed by atoms with van der Waals surface area (Å²) in [4.78, 5) is 48.5. The minimum absolute atomic E-state index is 0.00749. The molecule has 5 fully saturated rings. The number of ether oxygens (including phenoxy) is 2. The van der Waals surface area contributed by atoms with Gasteiger partial charge in [-0.25, -0.2) is 22.9 Å². The van der Waals surface area contributed by atoms with E-state index < -0.39 is 11.8 Å². The predicted octanol–water partition coefficient (Wildman–Crippen LogP) is 5.28. The van der Waals surface area contributed by atoms with Gasteiger partial charge in [-0.2, -0.15) is 10.4 Å². The van der Waals surface area contributed by atoms with Crippen molar-refractivity contribution in [3.63, 3.8) is 0 Å². The topological polar surface area (TPSA) is 166 Å². The van der Waals surface area contributed by atoms with Crippen molar-refractivity contribution >= 4 is 63.1 Å². The van der Waals surface area contributed by atoms with Gasteiger partial charge in [0.2, 0.25) is 5.91 Å². The number of aromatic nitrogens is 4. The molecule has 2 N–H and O–H groups in total. The van der Waals surface area contributed by atoms with E-state index in [1.807, 2.05) is 24.3 Å². The number of benzene rings is 3. The predicted molar refractivity (Wildman–Crippen MR) is 224 cm³/mol. The fourth-order valence-corrected chi connectivity index (χ4v) is 10.2. The second-order valence-electron chi connectivity index (χ2n) is 17.0. The van der Waals surface area contributed by atoms with Crippen LogP contribution in [-0.4, -0.2) is 105 Å². The number of nitrogens with zero attached hydrogens (tertiary/aromatic N) is 9. The van der Waals surface area contributed by atoms with Crippen molar-refractivity contribution in [1.82, 2.24) is 33.9 Å². The maximum absolute atomic E-state index is 15.6. The zero-order valence-corrected chi connectivity index (χ0v) is 34.6. The number of hydrogen-bond acceptors (Lipinski definition) is 13. The number of likely N-dealkylation sites (tertiary alicyclic amines) is 1. The number of urea groups is 1. The SMILES string of the molecule is CCN(C)SNc1ccc(F)c(Oc2ccc3ncn(C4COC5(C4)CN(C4CC6(C4)CN(c4cc7c(cc4F)c(N4CCC(=O)NC4=O)nn7C)C6)C5)c(=O)c3c2)c1C#N. The third kappa shape index (κ3) is 6.72. The second kappa shape index (κ2) is 14.7. The van der Waals surface area contributed by atoms with Gasteiger partial charge in [-0.05, 0) is 62.4 Å². The van der Waals surface area contributed by atoms with Crippen LogP contribution in [0.25, 0.3) is 21.8 Å². The summed E-state index contributed by atoms with van der Waals surface area (Å²) in [6.07, 6.45) is 4.41. The van der Waals surface area contributed by atoms with Crippen molar-refractivity contribution in [2.75, 3.05) is 67.4 Å². The Morgan fingerprint density at radius 2 is 1.85 bits per heavy atom. The highest BCUT2D eigenvalue weighted by atomic mass is 32.2. The molecule has 4 aliphatic heterocycles. The molecule has 1 atom stereocenters. The molecule has 16 nitrogen and oxygen atoms in total. The summed E-state index contributed by atoms with van der Waals surface area (Å²) in [5.41, 5.74) is 1.63. The summed E-state index contributed by atoms with van der Waals surface area (Å²) in [5, 5.41) is 17.6. The number of anilines is 3. The summed E-state index contributed by atoms with van der Waals surface area (Å²) < 4.78 is 51.3. The van der Waals surface area contributed by atoms with Gasteiger partial charge in [-0.1, -0.05) is 6.92 Å². The van der Waals surface area contributed by atoms with Crippen molar-refractivity contribution < 1.29 is 27.8 Å². The van der Waals surface area contributed by atoms with Crippen molar-refractivity contribution in [2.24, 2.45) is 12.5 Å². The Hall–Kier alpha value is -5.81. The third-order valence-electron chi connectivity index (χ3n) is 13.0. The van der Waals surface area contributed by atoms with E-state index in [0.29, 0.717) is 58.1 Å². The van der Waals surface area contributed by atoms with Gasteiger partial charge >= 0.3 is 6.03 Å². The summed E-state index contributed by atoms with van der Waals surface area (Å²) in [5.74, 6) is -1.12. The first-order valence-corrected chi connectivity index (χ1v) is 21.1. The standard InChI is InChI=1S/C42H43F2N11O5S/c1-4-50(2)61-49-33-8-6-30(43)37(29(33)17-45)60-26-5-7-32-27(11-26)39(57)55(23-46-32)25-16-42(59-18-25)21-52(22-42)24-14-41(15-24)19-53(20-41)35-13-34-28(12-31(35)44)38(48-51(34)3)54-10-9-36(56)47-40(54)58/h5-8,11-13,23-25,49H,4,9-10,14-16,18-22H2,1-3H3,(H,47,56,58). The number of halogens is 2. The highest BCUT2D eigenvalue weighted by Gasteiger charge is 2.59. The van der Waals surface area contributed by atoms with Crippen LogP contribution < -0.4 is 30.1 Å². The normalized spacial score (nSPS) is 20.9. The monoisotopic (exact) mass is 851 g/mol. The molecule has 5 aliphatic rings. The molecule has 316 valence electrons. The first kappa shape index (κ1) is 39.3. The van der Waals surface area contributed by atoms with Crippen molar-refractivity contribution in [3.8, 4) is 17.6 Å². The number of aryl methyl sites for hydroxylation is 1. The fraction of sp³-hybridized carbons (Fsp3) is 0.429.